The maximum Gasteiger partial charge on any atom is 0.311 e. The Morgan fingerprint density at radius 3 is 1.47 bits per heavy atom. The van der Waals surface area contributed by atoms with Gasteiger partial charge in [0.1, 0.15) is 0 Å². The van der Waals surface area contributed by atoms with Crippen LogP contribution in [0.2, 0.25) is 0 Å². The Morgan fingerprint density at radius 2 is 1.20 bits per heavy atom. The standard InChI is InChI=1S/C11H16O4/c1-14-8(12)10-3-5-11(7-10,6-4-10)9(13)15-2/h3-7H2,1-2H3. The molecule has 0 heterocycles. The van der Waals surface area contributed by atoms with Crippen molar-refractivity contribution in [2.75, 3.05) is 14.2 Å². The number of methoxy groups -OCH3 is 2. The minimum Gasteiger partial charge on any atom is -0.469 e. The van der Waals surface area contributed by atoms with Crippen LogP contribution < -0.4 is 0 Å². The summed E-state index contributed by atoms with van der Waals surface area (Å²) < 4.78 is 9.64. The van der Waals surface area contributed by atoms with Gasteiger partial charge in [0.05, 0.1) is 25.0 Å². The first-order valence-corrected chi connectivity index (χ1v) is 5.25. The van der Waals surface area contributed by atoms with Crippen molar-refractivity contribution in [2.24, 2.45) is 10.8 Å². The molecule has 2 fully saturated rings. The van der Waals surface area contributed by atoms with E-state index in [-0.39, 0.29) is 11.9 Å². The van der Waals surface area contributed by atoms with Crippen LogP contribution in [0.1, 0.15) is 32.1 Å². The van der Waals surface area contributed by atoms with Crippen molar-refractivity contribution in [2.45, 2.75) is 32.1 Å². The topological polar surface area (TPSA) is 52.6 Å². The van der Waals surface area contributed by atoms with Gasteiger partial charge in [0.15, 0.2) is 0 Å². The molecule has 0 radical (unpaired) electrons. The number of hydrogen-bond acceptors (Lipinski definition) is 4. The van der Waals surface area contributed by atoms with Crippen molar-refractivity contribution >= 4 is 11.9 Å². The van der Waals surface area contributed by atoms with Gasteiger partial charge < -0.3 is 9.47 Å². The van der Waals surface area contributed by atoms with E-state index in [1.165, 1.54) is 14.2 Å². The number of fused-ring (bicyclic) bond motifs is 2. The zero-order valence-electron chi connectivity index (χ0n) is 9.17. The summed E-state index contributed by atoms with van der Waals surface area (Å²) in [6.07, 6.45) is 3.65. The molecular weight excluding hydrogens is 196 g/mol. The molecule has 2 saturated carbocycles. The summed E-state index contributed by atoms with van der Waals surface area (Å²) in [5.74, 6) is -0.323. The Labute approximate surface area is 88.9 Å². The van der Waals surface area contributed by atoms with Crippen LogP contribution in [0.4, 0.5) is 0 Å². The molecular formula is C11H16O4. The molecule has 0 amide bonds. The first-order valence-electron chi connectivity index (χ1n) is 5.25. The second-order valence-electron chi connectivity index (χ2n) is 4.72. The quantitative estimate of drug-likeness (QED) is 0.647. The average molecular weight is 212 g/mol. The highest BCUT2D eigenvalue weighted by Gasteiger charge is 2.62. The van der Waals surface area contributed by atoms with Gasteiger partial charge in [-0.2, -0.15) is 0 Å². The van der Waals surface area contributed by atoms with Gasteiger partial charge in [0, 0.05) is 0 Å². The first kappa shape index (κ1) is 10.5. The Kier molecular flexibility index (Phi) is 2.24. The lowest BCUT2D eigenvalue weighted by atomic mass is 9.82. The normalized spacial score (nSPS) is 37.7. The molecule has 4 nitrogen and oxygen atoms in total. The number of carbonyl (C=O) groups excluding carboxylic acids is 2. The third kappa shape index (κ3) is 1.27. The third-order valence-corrected chi connectivity index (χ3v) is 4.08. The highest BCUT2D eigenvalue weighted by molar-refractivity contribution is 5.84. The predicted molar refractivity (Wildman–Crippen MR) is 52.0 cm³/mol. The molecule has 0 aliphatic heterocycles. The Morgan fingerprint density at radius 1 is 0.867 bits per heavy atom. The molecule has 0 atom stereocenters. The van der Waals surface area contributed by atoms with Gasteiger partial charge >= 0.3 is 11.9 Å². The number of hydrogen-bond donors (Lipinski definition) is 0. The van der Waals surface area contributed by atoms with Crippen molar-refractivity contribution in [1.29, 1.82) is 0 Å². The van der Waals surface area contributed by atoms with Gasteiger partial charge in [-0.1, -0.05) is 0 Å². The fourth-order valence-corrected chi connectivity index (χ4v) is 3.19. The molecule has 0 aromatic heterocycles. The van der Waals surface area contributed by atoms with Gasteiger partial charge in [0.25, 0.3) is 0 Å². The lowest BCUT2D eigenvalue weighted by Crippen LogP contribution is -2.27. The Hall–Kier alpha value is -1.06. The van der Waals surface area contributed by atoms with E-state index in [1.54, 1.807) is 0 Å². The summed E-state index contributed by atoms with van der Waals surface area (Å²) in [4.78, 5) is 23.3. The van der Waals surface area contributed by atoms with E-state index in [9.17, 15) is 9.59 Å². The number of carbonyl (C=O) groups is 2. The molecule has 2 aliphatic rings. The zero-order chi connectivity index (χ0) is 11.1. The van der Waals surface area contributed by atoms with Gasteiger partial charge in [-0.3, -0.25) is 9.59 Å². The second kappa shape index (κ2) is 3.22. The summed E-state index contributed by atoms with van der Waals surface area (Å²) in [5.41, 5.74) is -0.800. The summed E-state index contributed by atoms with van der Waals surface area (Å²) in [5, 5.41) is 0. The Balaban J connectivity index is 2.21. The highest BCUT2D eigenvalue weighted by Crippen LogP contribution is 2.62. The van der Waals surface area contributed by atoms with E-state index in [1.807, 2.05) is 0 Å². The van der Waals surface area contributed by atoms with Crippen LogP contribution in [-0.4, -0.2) is 26.2 Å². The van der Waals surface area contributed by atoms with Crippen molar-refractivity contribution in [3.8, 4) is 0 Å². The maximum absolute atomic E-state index is 11.7. The van der Waals surface area contributed by atoms with Gasteiger partial charge in [-0.15, -0.1) is 0 Å². The molecule has 2 rings (SSSR count). The molecule has 0 aromatic rings. The van der Waals surface area contributed by atoms with Crippen molar-refractivity contribution in [3.05, 3.63) is 0 Å². The molecule has 0 spiro atoms. The van der Waals surface area contributed by atoms with Gasteiger partial charge in [-0.25, -0.2) is 0 Å². The highest BCUT2D eigenvalue weighted by atomic mass is 16.5. The molecule has 2 aliphatic carbocycles. The monoisotopic (exact) mass is 212 g/mol. The lowest BCUT2D eigenvalue weighted by molar-refractivity contribution is -0.152. The molecule has 0 unspecified atom stereocenters. The minimum atomic E-state index is -0.400. The largest absolute Gasteiger partial charge is 0.469 e. The molecule has 0 aromatic carbocycles. The number of ether oxygens (including phenoxy) is 2. The Bertz CT molecular complexity index is 270. The summed E-state index contributed by atoms with van der Waals surface area (Å²) >= 11 is 0. The van der Waals surface area contributed by atoms with Crippen LogP contribution in [0.15, 0.2) is 0 Å². The van der Waals surface area contributed by atoms with Crippen LogP contribution in [-0.2, 0) is 19.1 Å². The fraction of sp³-hybridized carbons (Fsp3) is 0.818. The summed E-state index contributed by atoms with van der Waals surface area (Å²) in [7, 11) is 2.82. The fourth-order valence-electron chi connectivity index (χ4n) is 3.19. The maximum atomic E-state index is 11.7. The van der Waals surface area contributed by atoms with Crippen LogP contribution in [0.3, 0.4) is 0 Å². The van der Waals surface area contributed by atoms with E-state index < -0.39 is 10.8 Å². The summed E-state index contributed by atoms with van der Waals surface area (Å²) in [6, 6.07) is 0. The van der Waals surface area contributed by atoms with E-state index in [2.05, 4.69) is 0 Å². The van der Waals surface area contributed by atoms with Crippen LogP contribution >= 0.6 is 0 Å². The molecule has 84 valence electrons. The molecule has 0 N–H and O–H groups in total. The van der Waals surface area contributed by atoms with Crippen LogP contribution in [0.5, 0.6) is 0 Å². The SMILES string of the molecule is COC(=O)C12CCC(C(=O)OC)(CC1)C2. The van der Waals surface area contributed by atoms with Gasteiger partial charge in [0.2, 0.25) is 0 Å². The van der Waals surface area contributed by atoms with E-state index >= 15 is 0 Å². The van der Waals surface area contributed by atoms with Crippen LogP contribution in [0, 0.1) is 10.8 Å². The van der Waals surface area contributed by atoms with Crippen molar-refractivity contribution in [1.82, 2.24) is 0 Å². The smallest absolute Gasteiger partial charge is 0.311 e. The predicted octanol–water partition coefficient (Wildman–Crippen LogP) is 1.28. The second-order valence-corrected chi connectivity index (χ2v) is 4.72. The molecule has 4 heteroatoms. The number of rotatable bonds is 2. The van der Waals surface area contributed by atoms with Crippen molar-refractivity contribution < 1.29 is 19.1 Å². The third-order valence-electron chi connectivity index (χ3n) is 4.08. The van der Waals surface area contributed by atoms with Gasteiger partial charge in [-0.05, 0) is 32.1 Å². The molecule has 2 bridgehead atoms. The van der Waals surface area contributed by atoms with E-state index in [0.29, 0.717) is 6.42 Å². The number of esters is 2. The molecule has 0 saturated heterocycles. The van der Waals surface area contributed by atoms with E-state index in [4.69, 9.17) is 9.47 Å². The van der Waals surface area contributed by atoms with E-state index in [0.717, 1.165) is 25.7 Å². The van der Waals surface area contributed by atoms with Crippen molar-refractivity contribution in [3.63, 3.8) is 0 Å². The average Bonchev–Trinajstić information content (AvgIpc) is 2.85. The zero-order valence-corrected chi connectivity index (χ0v) is 9.17. The van der Waals surface area contributed by atoms with Crippen LogP contribution in [0.25, 0.3) is 0 Å². The lowest BCUT2D eigenvalue weighted by Gasteiger charge is -2.24. The molecule has 15 heavy (non-hydrogen) atoms. The first-order chi connectivity index (χ1) is 7.08. The minimum absolute atomic E-state index is 0.161. The summed E-state index contributed by atoms with van der Waals surface area (Å²) in [6.45, 7) is 0.